The van der Waals surface area contributed by atoms with Crippen molar-refractivity contribution in [1.29, 1.82) is 0 Å². The van der Waals surface area contributed by atoms with Crippen LogP contribution < -0.4 is 31.7 Å². The second-order valence-electron chi connectivity index (χ2n) is 12.1. The number of hydrogen-bond donors (Lipinski definition) is 5. The van der Waals surface area contributed by atoms with Gasteiger partial charge in [-0.1, -0.05) is 70.2 Å². The highest BCUT2D eigenvalue weighted by molar-refractivity contribution is 5.89. The quantitative estimate of drug-likeness (QED) is 0.177. The van der Waals surface area contributed by atoms with Crippen molar-refractivity contribution in [3.05, 3.63) is 65.7 Å². The van der Waals surface area contributed by atoms with Gasteiger partial charge in [0.25, 0.3) is 0 Å². The van der Waals surface area contributed by atoms with Gasteiger partial charge in [0.15, 0.2) is 0 Å². The Morgan fingerprint density at radius 1 is 0.826 bits per heavy atom. The van der Waals surface area contributed by atoms with E-state index in [1.54, 1.807) is 20.8 Å². The van der Waals surface area contributed by atoms with Crippen LogP contribution in [-0.2, 0) is 32.0 Å². The fraction of sp³-hybridized carbons (Fsp3) is 0.515. The number of hydrogen-bond acceptors (Lipinski definition) is 6. The Morgan fingerprint density at radius 2 is 1.48 bits per heavy atom. The van der Waals surface area contributed by atoms with E-state index in [0.717, 1.165) is 24.1 Å². The maximum Gasteiger partial charge on any atom is 0.573 e. The first-order valence-electron chi connectivity index (χ1n) is 15.3. The molecule has 0 aliphatic heterocycles. The third-order valence-corrected chi connectivity index (χ3v) is 7.12. The maximum atomic E-state index is 13.5. The normalized spacial score (nSPS) is 14.2. The number of amides is 4. The van der Waals surface area contributed by atoms with Crippen molar-refractivity contribution < 1.29 is 37.1 Å². The summed E-state index contributed by atoms with van der Waals surface area (Å²) in [6.45, 7) is 9.62. The molecule has 0 saturated carbocycles. The van der Waals surface area contributed by atoms with Crippen LogP contribution in [0.15, 0.2) is 54.6 Å². The van der Waals surface area contributed by atoms with Gasteiger partial charge >= 0.3 is 6.36 Å². The highest BCUT2D eigenvalue weighted by Gasteiger charge is 2.32. The highest BCUT2D eigenvalue weighted by atomic mass is 19.4. The molecule has 0 unspecified atom stereocenters. The first-order valence-corrected chi connectivity index (χ1v) is 15.3. The number of nitrogens with two attached hydrogens (primary N) is 1. The molecule has 4 amide bonds. The van der Waals surface area contributed by atoms with Crippen molar-refractivity contribution in [2.24, 2.45) is 17.6 Å². The average Bonchev–Trinajstić information content (AvgIpc) is 2.94. The number of ether oxygens (including phenoxy) is 1. The lowest BCUT2D eigenvalue weighted by Crippen LogP contribution is -2.57. The standard InChI is InChI=1S/C33H46F3N5O5/c1-20(2)14-15-38-31(44)22(5)39-29(43)19-26(37)27(17-23-10-7-6-8-11-23)40-32(45)30(21(3)4)41-28(42)18-24-12-9-13-25(16-24)46-33(34,35)36/h6-13,16,20-22,26-27,30H,14-15,17-19,37H2,1-5H3,(H,38,44)(H,39,43)(H,40,45)(H,41,42)/t22-,26-,27-,30-/m0/s1. The van der Waals surface area contributed by atoms with Gasteiger partial charge in [0.2, 0.25) is 23.6 Å². The lowest BCUT2D eigenvalue weighted by atomic mass is 9.95. The summed E-state index contributed by atoms with van der Waals surface area (Å²) < 4.78 is 41.8. The lowest BCUT2D eigenvalue weighted by Gasteiger charge is -2.29. The molecule has 0 aliphatic rings. The van der Waals surface area contributed by atoms with Crippen molar-refractivity contribution in [1.82, 2.24) is 21.3 Å². The summed E-state index contributed by atoms with van der Waals surface area (Å²) in [5.74, 6) is -2.30. The highest BCUT2D eigenvalue weighted by Crippen LogP contribution is 2.23. The smallest absolute Gasteiger partial charge is 0.406 e. The summed E-state index contributed by atoms with van der Waals surface area (Å²) in [5, 5.41) is 11.0. The van der Waals surface area contributed by atoms with Gasteiger partial charge in [-0.05, 0) is 54.9 Å². The first-order chi connectivity index (χ1) is 21.5. The largest absolute Gasteiger partial charge is 0.573 e. The van der Waals surface area contributed by atoms with Crippen LogP contribution in [-0.4, -0.2) is 60.7 Å². The van der Waals surface area contributed by atoms with Crippen LogP contribution in [0.3, 0.4) is 0 Å². The zero-order valence-electron chi connectivity index (χ0n) is 26.9. The SMILES string of the molecule is CC(C)CCNC(=O)[C@H](C)NC(=O)C[C@H](N)[C@H](Cc1ccccc1)NC(=O)[C@@H](NC(=O)Cc1cccc(OC(F)(F)F)c1)C(C)C. The van der Waals surface area contributed by atoms with Crippen LogP contribution in [0, 0.1) is 11.8 Å². The van der Waals surface area contributed by atoms with E-state index in [-0.39, 0.29) is 36.7 Å². The third kappa shape index (κ3) is 14.3. The fourth-order valence-corrected chi connectivity index (χ4v) is 4.61. The molecule has 0 spiro atoms. The van der Waals surface area contributed by atoms with Gasteiger partial charge < -0.3 is 31.7 Å². The summed E-state index contributed by atoms with van der Waals surface area (Å²) in [5.41, 5.74) is 7.58. The monoisotopic (exact) mass is 649 g/mol. The van der Waals surface area contributed by atoms with Crippen molar-refractivity contribution in [3.63, 3.8) is 0 Å². The van der Waals surface area contributed by atoms with E-state index in [1.807, 2.05) is 44.2 Å². The predicted octanol–water partition coefficient (Wildman–Crippen LogP) is 3.38. The molecule has 0 bridgehead atoms. The summed E-state index contributed by atoms with van der Waals surface area (Å²) in [6.07, 6.45) is -4.25. The van der Waals surface area contributed by atoms with Gasteiger partial charge in [-0.3, -0.25) is 19.2 Å². The number of carbonyl (C=O) groups excluding carboxylic acids is 4. The van der Waals surface area contributed by atoms with Crippen LogP contribution in [0.2, 0.25) is 0 Å². The summed E-state index contributed by atoms with van der Waals surface area (Å²) in [4.78, 5) is 51.6. The van der Waals surface area contributed by atoms with Crippen molar-refractivity contribution in [2.75, 3.05) is 6.54 Å². The maximum absolute atomic E-state index is 13.5. The molecule has 0 heterocycles. The van der Waals surface area contributed by atoms with Gasteiger partial charge in [-0.15, -0.1) is 13.2 Å². The Kier molecular flexibility index (Phi) is 15.0. The minimum absolute atomic E-state index is 0.184. The number of alkyl halides is 3. The Balaban J connectivity index is 2.09. The molecule has 0 fully saturated rings. The Hall–Kier alpha value is -4.13. The molecule has 0 aliphatic carbocycles. The molecular weight excluding hydrogens is 603 g/mol. The van der Waals surface area contributed by atoms with Crippen LogP contribution in [0.5, 0.6) is 5.75 Å². The zero-order chi connectivity index (χ0) is 34.4. The number of rotatable bonds is 17. The molecule has 46 heavy (non-hydrogen) atoms. The third-order valence-electron chi connectivity index (χ3n) is 7.12. The molecule has 2 aromatic carbocycles. The second kappa shape index (κ2) is 18.1. The molecule has 4 atom stereocenters. The number of carbonyl (C=O) groups is 4. The molecule has 0 saturated heterocycles. The summed E-state index contributed by atoms with van der Waals surface area (Å²) in [7, 11) is 0. The molecule has 2 rings (SSSR count). The number of nitrogens with one attached hydrogen (secondary N) is 4. The molecule has 254 valence electrons. The van der Waals surface area contributed by atoms with Crippen molar-refractivity contribution in [3.8, 4) is 5.75 Å². The summed E-state index contributed by atoms with van der Waals surface area (Å²) >= 11 is 0. The lowest BCUT2D eigenvalue weighted by molar-refractivity contribution is -0.274. The molecular formula is C33H46F3N5O5. The molecule has 13 heteroatoms. The van der Waals surface area contributed by atoms with E-state index in [1.165, 1.54) is 12.1 Å². The Morgan fingerprint density at radius 3 is 2.09 bits per heavy atom. The molecule has 0 aromatic heterocycles. The molecule has 2 aromatic rings. The van der Waals surface area contributed by atoms with Crippen LogP contribution in [0.4, 0.5) is 13.2 Å². The van der Waals surface area contributed by atoms with E-state index < -0.39 is 54.0 Å². The number of benzene rings is 2. The van der Waals surface area contributed by atoms with E-state index in [2.05, 4.69) is 26.0 Å². The zero-order valence-corrected chi connectivity index (χ0v) is 26.9. The van der Waals surface area contributed by atoms with Gasteiger partial charge in [-0.2, -0.15) is 0 Å². The number of halogens is 3. The Labute approximate surface area is 268 Å². The second-order valence-corrected chi connectivity index (χ2v) is 12.1. The van der Waals surface area contributed by atoms with Crippen LogP contribution in [0.1, 0.15) is 58.6 Å². The van der Waals surface area contributed by atoms with E-state index in [0.29, 0.717) is 12.5 Å². The Bertz CT molecular complexity index is 1290. The van der Waals surface area contributed by atoms with Gasteiger partial charge in [0.1, 0.15) is 17.8 Å². The van der Waals surface area contributed by atoms with E-state index >= 15 is 0 Å². The van der Waals surface area contributed by atoms with E-state index in [9.17, 15) is 32.3 Å². The molecule has 10 nitrogen and oxygen atoms in total. The van der Waals surface area contributed by atoms with Crippen molar-refractivity contribution in [2.45, 2.75) is 90.8 Å². The first kappa shape index (κ1) is 38.1. The van der Waals surface area contributed by atoms with E-state index in [4.69, 9.17) is 5.73 Å². The minimum atomic E-state index is -4.88. The van der Waals surface area contributed by atoms with Gasteiger partial charge in [-0.25, -0.2) is 0 Å². The van der Waals surface area contributed by atoms with Crippen LogP contribution in [0.25, 0.3) is 0 Å². The predicted molar refractivity (Wildman–Crippen MR) is 168 cm³/mol. The molecule has 0 radical (unpaired) electrons. The average molecular weight is 650 g/mol. The van der Waals surface area contributed by atoms with Gasteiger partial charge in [0, 0.05) is 25.0 Å². The van der Waals surface area contributed by atoms with Gasteiger partial charge in [0.05, 0.1) is 6.42 Å². The molecule has 6 N–H and O–H groups in total. The minimum Gasteiger partial charge on any atom is -0.406 e. The van der Waals surface area contributed by atoms with Crippen molar-refractivity contribution >= 4 is 23.6 Å². The fourth-order valence-electron chi connectivity index (χ4n) is 4.61. The summed E-state index contributed by atoms with van der Waals surface area (Å²) in [6, 6.07) is 10.9. The van der Waals surface area contributed by atoms with Crippen LogP contribution >= 0.6 is 0 Å². The topological polar surface area (TPSA) is 152 Å².